The van der Waals surface area contributed by atoms with Crippen LogP contribution in [0.15, 0.2) is 12.2 Å². The molecule has 0 saturated heterocycles. The molecule has 0 aliphatic carbocycles. The predicted molar refractivity (Wildman–Crippen MR) is 58.7 cm³/mol. The van der Waals surface area contributed by atoms with Gasteiger partial charge in [0.15, 0.2) is 0 Å². The summed E-state index contributed by atoms with van der Waals surface area (Å²) < 4.78 is 0. The van der Waals surface area contributed by atoms with Crippen molar-refractivity contribution in [2.75, 3.05) is 0 Å². The standard InChI is InChI=1S/C12H24O/c1-4-5-6-7-8-9-10-11(2)12(3)13/h9-13H,4-8H2,1-3H3/b10-9-/t11-,12-/m0/s1. The summed E-state index contributed by atoms with van der Waals surface area (Å²) in [6, 6.07) is 0. The van der Waals surface area contributed by atoms with E-state index < -0.39 is 0 Å². The van der Waals surface area contributed by atoms with Crippen molar-refractivity contribution in [3.63, 3.8) is 0 Å². The van der Waals surface area contributed by atoms with Gasteiger partial charge in [0.2, 0.25) is 0 Å². The molecule has 13 heavy (non-hydrogen) atoms. The van der Waals surface area contributed by atoms with Crippen molar-refractivity contribution in [1.82, 2.24) is 0 Å². The first-order valence-electron chi connectivity index (χ1n) is 5.53. The van der Waals surface area contributed by atoms with E-state index in [9.17, 15) is 5.11 Å². The second-order valence-corrected chi connectivity index (χ2v) is 3.88. The first kappa shape index (κ1) is 12.7. The van der Waals surface area contributed by atoms with Crippen LogP contribution >= 0.6 is 0 Å². The van der Waals surface area contributed by atoms with Gasteiger partial charge in [-0.1, -0.05) is 45.3 Å². The van der Waals surface area contributed by atoms with Crippen LogP contribution in [0.2, 0.25) is 0 Å². The maximum absolute atomic E-state index is 9.21. The summed E-state index contributed by atoms with van der Waals surface area (Å²) >= 11 is 0. The lowest BCUT2D eigenvalue weighted by molar-refractivity contribution is 0.157. The number of rotatable bonds is 7. The summed E-state index contributed by atoms with van der Waals surface area (Å²) in [5.41, 5.74) is 0. The summed E-state index contributed by atoms with van der Waals surface area (Å²) in [6.45, 7) is 6.12. The van der Waals surface area contributed by atoms with Crippen LogP contribution in [0.5, 0.6) is 0 Å². The van der Waals surface area contributed by atoms with Crippen LogP contribution < -0.4 is 0 Å². The average molecular weight is 184 g/mol. The van der Waals surface area contributed by atoms with E-state index in [1.54, 1.807) is 0 Å². The number of hydrogen-bond donors (Lipinski definition) is 1. The lowest BCUT2D eigenvalue weighted by atomic mass is 10.0. The Morgan fingerprint density at radius 2 is 1.85 bits per heavy atom. The second-order valence-electron chi connectivity index (χ2n) is 3.88. The lowest BCUT2D eigenvalue weighted by Crippen LogP contribution is -2.09. The normalized spacial score (nSPS) is 16.3. The molecule has 0 unspecified atom stereocenters. The summed E-state index contributed by atoms with van der Waals surface area (Å²) in [5, 5.41) is 9.21. The molecule has 1 heteroatoms. The molecule has 0 spiro atoms. The van der Waals surface area contributed by atoms with Crippen molar-refractivity contribution in [3.8, 4) is 0 Å². The van der Waals surface area contributed by atoms with Crippen molar-refractivity contribution < 1.29 is 5.11 Å². The van der Waals surface area contributed by atoms with Gasteiger partial charge in [-0.05, 0) is 25.7 Å². The monoisotopic (exact) mass is 184 g/mol. The Morgan fingerprint density at radius 3 is 2.38 bits per heavy atom. The SMILES string of the molecule is CCCCCC/C=C\[C@H](C)[C@H](C)O. The highest BCUT2D eigenvalue weighted by atomic mass is 16.3. The van der Waals surface area contributed by atoms with Gasteiger partial charge >= 0.3 is 0 Å². The zero-order valence-corrected chi connectivity index (χ0v) is 9.29. The maximum Gasteiger partial charge on any atom is 0.0572 e. The van der Waals surface area contributed by atoms with Crippen molar-refractivity contribution in [3.05, 3.63) is 12.2 Å². The van der Waals surface area contributed by atoms with Gasteiger partial charge in [-0.25, -0.2) is 0 Å². The van der Waals surface area contributed by atoms with Crippen LogP contribution in [0.25, 0.3) is 0 Å². The van der Waals surface area contributed by atoms with Crippen LogP contribution in [0, 0.1) is 5.92 Å². The molecule has 0 aromatic carbocycles. The van der Waals surface area contributed by atoms with Crippen LogP contribution in [0.3, 0.4) is 0 Å². The molecule has 0 aliphatic rings. The molecule has 0 bridgehead atoms. The molecule has 0 rings (SSSR count). The van der Waals surface area contributed by atoms with Gasteiger partial charge < -0.3 is 5.11 Å². The minimum Gasteiger partial charge on any atom is -0.393 e. The molecule has 0 saturated carbocycles. The smallest absolute Gasteiger partial charge is 0.0572 e. The van der Waals surface area contributed by atoms with Crippen molar-refractivity contribution >= 4 is 0 Å². The molecule has 0 heterocycles. The Morgan fingerprint density at radius 1 is 1.15 bits per heavy atom. The molecule has 0 aromatic rings. The van der Waals surface area contributed by atoms with Gasteiger partial charge in [-0.2, -0.15) is 0 Å². The Bertz CT molecular complexity index is 127. The van der Waals surface area contributed by atoms with Crippen LogP contribution in [-0.4, -0.2) is 11.2 Å². The number of aliphatic hydroxyl groups excluding tert-OH is 1. The third-order valence-corrected chi connectivity index (χ3v) is 2.42. The average Bonchev–Trinajstić information content (AvgIpc) is 2.10. The third kappa shape index (κ3) is 8.04. The van der Waals surface area contributed by atoms with E-state index >= 15 is 0 Å². The van der Waals surface area contributed by atoms with E-state index in [-0.39, 0.29) is 6.10 Å². The molecular formula is C12H24O. The van der Waals surface area contributed by atoms with E-state index in [0.717, 1.165) is 6.42 Å². The van der Waals surface area contributed by atoms with Crippen LogP contribution in [-0.2, 0) is 0 Å². The number of unbranched alkanes of at least 4 members (excludes halogenated alkanes) is 4. The van der Waals surface area contributed by atoms with Gasteiger partial charge in [-0.15, -0.1) is 0 Å². The summed E-state index contributed by atoms with van der Waals surface area (Å²) in [5.74, 6) is 0.297. The summed E-state index contributed by atoms with van der Waals surface area (Å²) in [4.78, 5) is 0. The minimum atomic E-state index is -0.216. The van der Waals surface area contributed by atoms with Crippen molar-refractivity contribution in [2.24, 2.45) is 5.92 Å². The zero-order chi connectivity index (χ0) is 10.1. The molecule has 0 fully saturated rings. The second kappa shape index (κ2) is 8.31. The predicted octanol–water partition coefficient (Wildman–Crippen LogP) is 3.53. The Balaban J connectivity index is 3.30. The summed E-state index contributed by atoms with van der Waals surface area (Å²) in [6.07, 6.45) is 10.5. The largest absolute Gasteiger partial charge is 0.393 e. The van der Waals surface area contributed by atoms with Gasteiger partial charge in [0.05, 0.1) is 6.10 Å². The fraction of sp³-hybridized carbons (Fsp3) is 0.833. The molecule has 1 nitrogen and oxygen atoms in total. The first-order chi connectivity index (χ1) is 6.18. The van der Waals surface area contributed by atoms with Crippen LogP contribution in [0.1, 0.15) is 52.9 Å². The molecule has 2 atom stereocenters. The van der Waals surface area contributed by atoms with E-state index in [0.29, 0.717) is 5.92 Å². The van der Waals surface area contributed by atoms with E-state index in [2.05, 4.69) is 19.1 Å². The molecule has 0 aliphatic heterocycles. The quantitative estimate of drug-likeness (QED) is 0.474. The van der Waals surface area contributed by atoms with Crippen LogP contribution in [0.4, 0.5) is 0 Å². The number of aliphatic hydroxyl groups is 1. The summed E-state index contributed by atoms with van der Waals surface area (Å²) in [7, 11) is 0. The first-order valence-corrected chi connectivity index (χ1v) is 5.53. The van der Waals surface area contributed by atoms with E-state index in [4.69, 9.17) is 0 Å². The molecule has 0 radical (unpaired) electrons. The molecule has 0 amide bonds. The maximum atomic E-state index is 9.21. The number of hydrogen-bond acceptors (Lipinski definition) is 1. The third-order valence-electron chi connectivity index (χ3n) is 2.42. The van der Waals surface area contributed by atoms with Gasteiger partial charge in [0.1, 0.15) is 0 Å². The Kier molecular flexibility index (Phi) is 8.11. The Hall–Kier alpha value is -0.300. The molecule has 0 aromatic heterocycles. The number of allylic oxidation sites excluding steroid dienone is 1. The van der Waals surface area contributed by atoms with E-state index in [1.807, 2.05) is 13.8 Å². The van der Waals surface area contributed by atoms with Gasteiger partial charge in [-0.3, -0.25) is 0 Å². The highest BCUT2D eigenvalue weighted by molar-refractivity contribution is 4.88. The lowest BCUT2D eigenvalue weighted by Gasteiger charge is -2.08. The topological polar surface area (TPSA) is 20.2 Å². The van der Waals surface area contributed by atoms with Crippen molar-refractivity contribution in [1.29, 1.82) is 0 Å². The van der Waals surface area contributed by atoms with E-state index in [1.165, 1.54) is 25.7 Å². The Labute approximate surface area is 82.9 Å². The van der Waals surface area contributed by atoms with Gasteiger partial charge in [0, 0.05) is 0 Å². The fourth-order valence-corrected chi connectivity index (χ4v) is 1.16. The zero-order valence-electron chi connectivity index (χ0n) is 9.29. The molecule has 1 N–H and O–H groups in total. The van der Waals surface area contributed by atoms with Crippen molar-refractivity contribution in [2.45, 2.75) is 59.0 Å². The molecule has 78 valence electrons. The fourth-order valence-electron chi connectivity index (χ4n) is 1.16. The highest BCUT2D eigenvalue weighted by Crippen LogP contribution is 2.07. The van der Waals surface area contributed by atoms with Gasteiger partial charge in [0.25, 0.3) is 0 Å². The highest BCUT2D eigenvalue weighted by Gasteiger charge is 2.02. The minimum absolute atomic E-state index is 0.216. The molecular weight excluding hydrogens is 160 g/mol.